The van der Waals surface area contributed by atoms with Gasteiger partial charge >= 0.3 is 0 Å². The summed E-state index contributed by atoms with van der Waals surface area (Å²) in [5.41, 5.74) is 4.84. The largest absolute Gasteiger partial charge is 0.268 e. The molecule has 1 atom stereocenters. The van der Waals surface area contributed by atoms with Gasteiger partial charge in [-0.15, -0.1) is 11.3 Å². The number of rotatable bonds is 4. The molecule has 5 rings (SSSR count). The Kier molecular flexibility index (Phi) is 5.96. The van der Waals surface area contributed by atoms with E-state index in [-0.39, 0.29) is 11.0 Å². The highest BCUT2D eigenvalue weighted by Gasteiger charge is 2.32. The normalized spacial score (nSPS) is 16.2. The number of hydrogen-bond acceptors (Lipinski definition) is 4. The van der Waals surface area contributed by atoms with Crippen LogP contribution in [0.5, 0.6) is 0 Å². The molecule has 0 bridgehead atoms. The summed E-state index contributed by atoms with van der Waals surface area (Å²) in [7, 11) is 0. The molecule has 33 heavy (non-hydrogen) atoms. The first-order chi connectivity index (χ1) is 15.8. The first-order valence-corrected chi connectivity index (χ1v) is 13.4. The second kappa shape index (κ2) is 8.77. The summed E-state index contributed by atoms with van der Waals surface area (Å²) in [6.07, 6.45) is 3.16. The van der Waals surface area contributed by atoms with Gasteiger partial charge in [0.2, 0.25) is 0 Å². The lowest BCUT2D eigenvalue weighted by atomic mass is 9.72. The smallest absolute Gasteiger partial charge is 0.267 e. The highest BCUT2D eigenvalue weighted by Crippen LogP contribution is 2.42. The summed E-state index contributed by atoms with van der Waals surface area (Å²) in [5, 5.41) is 1.62. The van der Waals surface area contributed by atoms with E-state index in [1.807, 2.05) is 28.8 Å². The van der Waals surface area contributed by atoms with Crippen molar-refractivity contribution in [1.82, 2.24) is 9.55 Å². The zero-order valence-corrected chi connectivity index (χ0v) is 21.4. The number of thioether (sulfide) groups is 1. The molecule has 2 heterocycles. The Morgan fingerprint density at radius 1 is 1.09 bits per heavy atom. The number of thiophene rings is 1. The number of hydrogen-bond donors (Lipinski definition) is 0. The molecule has 1 aliphatic rings. The van der Waals surface area contributed by atoms with Gasteiger partial charge in [0.25, 0.3) is 5.56 Å². The van der Waals surface area contributed by atoms with Gasteiger partial charge in [0.05, 0.1) is 11.1 Å². The highest BCUT2D eigenvalue weighted by molar-refractivity contribution is 7.98. The minimum atomic E-state index is 0.0802. The first kappa shape index (κ1) is 22.4. The Hall–Kier alpha value is -2.37. The minimum absolute atomic E-state index is 0.0802. The van der Waals surface area contributed by atoms with E-state index in [1.54, 1.807) is 23.1 Å². The molecule has 0 saturated carbocycles. The van der Waals surface area contributed by atoms with Gasteiger partial charge in [-0.05, 0) is 60.3 Å². The van der Waals surface area contributed by atoms with Gasteiger partial charge < -0.3 is 0 Å². The lowest BCUT2D eigenvalue weighted by Gasteiger charge is -2.33. The third-order valence-electron chi connectivity index (χ3n) is 6.84. The molecular formula is C28H30N2OS2. The average Bonchev–Trinajstić information content (AvgIpc) is 3.16. The van der Waals surface area contributed by atoms with Gasteiger partial charge in [0.15, 0.2) is 5.16 Å². The molecule has 0 amide bonds. The van der Waals surface area contributed by atoms with Gasteiger partial charge in [-0.1, -0.05) is 81.1 Å². The van der Waals surface area contributed by atoms with Crippen LogP contribution in [0.25, 0.3) is 15.9 Å². The fourth-order valence-corrected chi connectivity index (χ4v) is 7.09. The third-order valence-corrected chi connectivity index (χ3v) is 9.00. The summed E-state index contributed by atoms with van der Waals surface area (Å²) in [4.78, 5) is 21.4. The Morgan fingerprint density at radius 3 is 2.55 bits per heavy atom. The van der Waals surface area contributed by atoms with Crippen molar-refractivity contribution in [3.8, 4) is 5.69 Å². The summed E-state index contributed by atoms with van der Waals surface area (Å²) in [6.45, 7) is 9.06. The lowest BCUT2D eigenvalue weighted by molar-refractivity contribution is 0.218. The van der Waals surface area contributed by atoms with Crippen molar-refractivity contribution in [2.24, 2.45) is 11.3 Å². The highest BCUT2D eigenvalue weighted by atomic mass is 32.2. The fourth-order valence-electron chi connectivity index (χ4n) is 4.79. The zero-order chi connectivity index (χ0) is 23.2. The van der Waals surface area contributed by atoms with Crippen molar-refractivity contribution in [3.63, 3.8) is 0 Å². The topological polar surface area (TPSA) is 34.9 Å². The first-order valence-electron chi connectivity index (χ1n) is 11.6. The number of nitrogens with zero attached hydrogens (tertiary/aromatic N) is 2. The molecule has 3 nitrogen and oxygen atoms in total. The van der Waals surface area contributed by atoms with Crippen molar-refractivity contribution >= 4 is 33.3 Å². The van der Waals surface area contributed by atoms with Crippen LogP contribution in [0.4, 0.5) is 0 Å². The van der Waals surface area contributed by atoms with Crippen molar-refractivity contribution < 1.29 is 0 Å². The van der Waals surface area contributed by atoms with Gasteiger partial charge in [-0.25, -0.2) is 4.98 Å². The molecule has 0 N–H and O–H groups in total. The van der Waals surface area contributed by atoms with Crippen molar-refractivity contribution in [1.29, 1.82) is 0 Å². The maximum Gasteiger partial charge on any atom is 0.267 e. The maximum atomic E-state index is 14.0. The Bertz CT molecular complexity index is 1360. The van der Waals surface area contributed by atoms with E-state index >= 15 is 0 Å². The fraction of sp³-hybridized carbons (Fsp3) is 0.357. The summed E-state index contributed by atoms with van der Waals surface area (Å²) >= 11 is 3.38. The Morgan fingerprint density at radius 2 is 1.82 bits per heavy atom. The molecule has 5 heteroatoms. The number of aryl methyl sites for hydroxylation is 2. The standard InChI is InChI=1S/C28H30N2OS2/c1-18-10-8-9-13-22(18)30-26(31)24-21-15-14-20(28(2,3)4)16-23(21)33-25(24)29-27(30)32-17-19-11-6-5-7-12-19/h5-13,20H,14-17H2,1-4H3/t20-/m1/s1. The van der Waals surface area contributed by atoms with Gasteiger partial charge in [0, 0.05) is 10.6 Å². The monoisotopic (exact) mass is 474 g/mol. The van der Waals surface area contributed by atoms with E-state index in [9.17, 15) is 4.79 Å². The molecule has 2 aromatic heterocycles. The molecule has 2 aromatic carbocycles. The quantitative estimate of drug-likeness (QED) is 0.232. The summed E-state index contributed by atoms with van der Waals surface area (Å²) < 4.78 is 1.86. The van der Waals surface area contributed by atoms with Crippen molar-refractivity contribution in [2.75, 3.05) is 0 Å². The SMILES string of the molecule is Cc1ccccc1-n1c(SCc2ccccc2)nc2sc3c(c2c1=O)CC[C@@H](C(C)(C)C)C3. The van der Waals surface area contributed by atoms with E-state index in [0.717, 1.165) is 51.6 Å². The van der Waals surface area contributed by atoms with E-state index < -0.39 is 0 Å². The van der Waals surface area contributed by atoms with Crippen LogP contribution in [0.1, 0.15) is 48.8 Å². The van der Waals surface area contributed by atoms with Crippen LogP contribution in [0.2, 0.25) is 0 Å². The molecule has 0 radical (unpaired) electrons. The minimum Gasteiger partial charge on any atom is -0.268 e. The average molecular weight is 475 g/mol. The molecule has 0 unspecified atom stereocenters. The van der Waals surface area contributed by atoms with Crippen LogP contribution in [-0.2, 0) is 18.6 Å². The second-order valence-electron chi connectivity index (χ2n) is 10.1. The maximum absolute atomic E-state index is 14.0. The van der Waals surface area contributed by atoms with Crippen LogP contribution in [0.3, 0.4) is 0 Å². The van der Waals surface area contributed by atoms with Crippen molar-refractivity contribution in [3.05, 3.63) is 86.5 Å². The van der Waals surface area contributed by atoms with Crippen LogP contribution < -0.4 is 5.56 Å². The molecule has 170 valence electrons. The zero-order valence-electron chi connectivity index (χ0n) is 19.7. The number of fused-ring (bicyclic) bond motifs is 3. The third kappa shape index (κ3) is 4.29. The molecular weight excluding hydrogens is 444 g/mol. The number of aromatic nitrogens is 2. The van der Waals surface area contributed by atoms with Gasteiger partial charge in [-0.2, -0.15) is 0 Å². The van der Waals surface area contributed by atoms with Gasteiger partial charge in [0.1, 0.15) is 4.83 Å². The Balaban J connectivity index is 1.66. The molecule has 0 fully saturated rings. The Labute approximate surface area is 203 Å². The molecule has 1 aliphatic carbocycles. The number of benzene rings is 2. The predicted octanol–water partition coefficient (Wildman–Crippen LogP) is 7.20. The summed E-state index contributed by atoms with van der Waals surface area (Å²) in [6, 6.07) is 18.5. The van der Waals surface area contributed by atoms with Crippen LogP contribution in [-0.4, -0.2) is 9.55 Å². The van der Waals surface area contributed by atoms with Crippen LogP contribution in [0.15, 0.2) is 64.5 Å². The van der Waals surface area contributed by atoms with E-state index in [0.29, 0.717) is 5.92 Å². The van der Waals surface area contributed by atoms with E-state index in [1.165, 1.54) is 16.0 Å². The molecule has 4 aromatic rings. The van der Waals surface area contributed by atoms with Gasteiger partial charge in [-0.3, -0.25) is 9.36 Å². The molecule has 0 spiro atoms. The second-order valence-corrected chi connectivity index (χ2v) is 12.1. The number of para-hydroxylation sites is 1. The molecule has 0 aliphatic heterocycles. The van der Waals surface area contributed by atoms with Crippen LogP contribution >= 0.6 is 23.1 Å². The summed E-state index contributed by atoms with van der Waals surface area (Å²) in [5.74, 6) is 1.42. The predicted molar refractivity (Wildman–Crippen MR) is 141 cm³/mol. The lowest BCUT2D eigenvalue weighted by Crippen LogP contribution is -2.27. The van der Waals surface area contributed by atoms with Crippen molar-refractivity contribution in [2.45, 2.75) is 57.9 Å². The van der Waals surface area contributed by atoms with E-state index in [4.69, 9.17) is 4.98 Å². The van der Waals surface area contributed by atoms with E-state index in [2.05, 4.69) is 58.0 Å². The van der Waals surface area contributed by atoms with Crippen LogP contribution in [0, 0.1) is 18.3 Å². The molecule has 0 saturated heterocycles.